The first-order valence-corrected chi connectivity index (χ1v) is 4.76. The predicted molar refractivity (Wildman–Crippen MR) is 55.3 cm³/mol. The van der Waals surface area contributed by atoms with Crippen molar-refractivity contribution in [2.75, 3.05) is 6.54 Å². The lowest BCUT2D eigenvalue weighted by molar-refractivity contribution is 0.0884. The van der Waals surface area contributed by atoms with Gasteiger partial charge in [-0.25, -0.2) is 0 Å². The van der Waals surface area contributed by atoms with Crippen molar-refractivity contribution < 1.29 is 4.79 Å². The van der Waals surface area contributed by atoms with E-state index in [1.807, 2.05) is 20.8 Å². The number of ketones is 1. The van der Waals surface area contributed by atoms with Gasteiger partial charge in [-0.15, -0.1) is 0 Å². The minimum Gasteiger partial charge on any atom is -0.305 e. The molecule has 0 amide bonds. The molecular weight excluding hydrogens is 178 g/mol. The van der Waals surface area contributed by atoms with E-state index in [4.69, 9.17) is 0 Å². The number of likely N-dealkylation sites (N-methyl/N-ethyl adjacent to an activating group) is 1. The minimum atomic E-state index is -0.516. The van der Waals surface area contributed by atoms with E-state index in [9.17, 15) is 4.79 Å². The van der Waals surface area contributed by atoms with E-state index in [1.165, 1.54) is 0 Å². The summed E-state index contributed by atoms with van der Waals surface area (Å²) >= 11 is 0. The molecular formula is C10H17N3O. The van der Waals surface area contributed by atoms with Crippen LogP contribution in [0.2, 0.25) is 0 Å². The number of aromatic nitrogens is 2. The zero-order chi connectivity index (χ0) is 10.8. The number of aryl methyl sites for hydroxylation is 1. The molecule has 4 nitrogen and oxygen atoms in total. The number of rotatable bonds is 4. The van der Waals surface area contributed by atoms with Gasteiger partial charge in [0.1, 0.15) is 0 Å². The molecule has 0 saturated carbocycles. The summed E-state index contributed by atoms with van der Waals surface area (Å²) in [6, 6.07) is 0. The number of Topliss-reactive ketones (excluding diaryl/α,β-unsaturated/α-hetero) is 1. The fourth-order valence-corrected chi connectivity index (χ4v) is 1.42. The molecule has 0 atom stereocenters. The molecule has 1 N–H and O–H groups in total. The fourth-order valence-electron chi connectivity index (χ4n) is 1.42. The molecule has 0 unspecified atom stereocenters. The first-order chi connectivity index (χ1) is 6.47. The first-order valence-electron chi connectivity index (χ1n) is 4.76. The van der Waals surface area contributed by atoms with Gasteiger partial charge in [0, 0.05) is 13.2 Å². The molecule has 0 saturated heterocycles. The second kappa shape index (κ2) is 3.92. The predicted octanol–water partition coefficient (Wildman–Crippen LogP) is 0.991. The highest BCUT2D eigenvalue weighted by Gasteiger charge is 2.27. The molecule has 0 aliphatic carbocycles. The van der Waals surface area contributed by atoms with Gasteiger partial charge in [-0.05, 0) is 20.4 Å². The topological polar surface area (TPSA) is 46.9 Å². The van der Waals surface area contributed by atoms with Crippen LogP contribution in [0.1, 0.15) is 31.1 Å². The van der Waals surface area contributed by atoms with Crippen LogP contribution in [0.5, 0.6) is 0 Å². The van der Waals surface area contributed by atoms with Crippen LogP contribution in [0, 0.1) is 0 Å². The third-order valence-corrected chi connectivity index (χ3v) is 2.15. The molecule has 0 aliphatic rings. The van der Waals surface area contributed by atoms with Crippen LogP contribution < -0.4 is 5.32 Å². The molecule has 14 heavy (non-hydrogen) atoms. The summed E-state index contributed by atoms with van der Waals surface area (Å²) in [7, 11) is 1.80. The van der Waals surface area contributed by atoms with Gasteiger partial charge in [-0.1, -0.05) is 6.92 Å². The van der Waals surface area contributed by atoms with Crippen molar-refractivity contribution in [2.24, 2.45) is 7.05 Å². The molecule has 1 aromatic heterocycles. The molecule has 1 rings (SSSR count). The second-order valence-electron chi connectivity index (χ2n) is 3.89. The summed E-state index contributed by atoms with van der Waals surface area (Å²) in [6.07, 6.45) is 3.34. The normalized spacial score (nSPS) is 11.7. The average Bonchev–Trinajstić information content (AvgIpc) is 2.50. The maximum atomic E-state index is 12.0. The summed E-state index contributed by atoms with van der Waals surface area (Å²) in [5.74, 6) is 0.0763. The molecule has 0 bridgehead atoms. The highest BCUT2D eigenvalue weighted by molar-refractivity contribution is 6.02. The monoisotopic (exact) mass is 195 g/mol. The Morgan fingerprint density at radius 3 is 2.71 bits per heavy atom. The lowest BCUT2D eigenvalue weighted by atomic mass is 9.95. The Bertz CT molecular complexity index is 328. The molecule has 1 aromatic rings. The Labute approximate surface area is 84.3 Å². The van der Waals surface area contributed by atoms with Crippen molar-refractivity contribution in [1.29, 1.82) is 0 Å². The lowest BCUT2D eigenvalue weighted by Crippen LogP contribution is -2.46. The second-order valence-corrected chi connectivity index (χ2v) is 3.89. The number of hydrogen-bond acceptors (Lipinski definition) is 3. The molecule has 0 aliphatic heterocycles. The number of nitrogens with zero attached hydrogens (tertiary/aromatic N) is 2. The van der Waals surface area contributed by atoms with E-state index < -0.39 is 5.54 Å². The third-order valence-electron chi connectivity index (χ3n) is 2.15. The molecule has 0 radical (unpaired) electrons. The van der Waals surface area contributed by atoms with E-state index in [1.54, 1.807) is 24.1 Å². The Kier molecular flexibility index (Phi) is 3.06. The zero-order valence-electron chi connectivity index (χ0n) is 9.16. The first kappa shape index (κ1) is 10.9. The standard InChI is InChI=1S/C10H17N3O/c1-5-11-10(2,3)9(14)8-6-12-13(4)7-8/h6-7,11H,5H2,1-4H3. The van der Waals surface area contributed by atoms with Crippen LogP contribution in [0.25, 0.3) is 0 Å². The number of nitrogens with one attached hydrogen (secondary N) is 1. The number of carbonyl (C=O) groups is 1. The van der Waals surface area contributed by atoms with Gasteiger partial charge in [-0.2, -0.15) is 5.10 Å². The summed E-state index contributed by atoms with van der Waals surface area (Å²) < 4.78 is 1.63. The maximum absolute atomic E-state index is 12.0. The zero-order valence-corrected chi connectivity index (χ0v) is 9.16. The van der Waals surface area contributed by atoms with Gasteiger partial charge in [0.15, 0.2) is 5.78 Å². The van der Waals surface area contributed by atoms with E-state index in [2.05, 4.69) is 10.4 Å². The van der Waals surface area contributed by atoms with Crippen LogP contribution in [-0.2, 0) is 7.05 Å². The summed E-state index contributed by atoms with van der Waals surface area (Å²) in [5, 5.41) is 7.12. The van der Waals surface area contributed by atoms with Crippen molar-refractivity contribution >= 4 is 5.78 Å². The van der Waals surface area contributed by atoms with Crippen molar-refractivity contribution in [3.05, 3.63) is 18.0 Å². The largest absolute Gasteiger partial charge is 0.305 e. The quantitative estimate of drug-likeness (QED) is 0.729. The Balaban J connectivity index is 2.84. The SMILES string of the molecule is CCNC(C)(C)C(=O)c1cnn(C)c1. The average molecular weight is 195 g/mol. The number of hydrogen-bond donors (Lipinski definition) is 1. The maximum Gasteiger partial charge on any atom is 0.185 e. The fraction of sp³-hybridized carbons (Fsp3) is 0.600. The third kappa shape index (κ3) is 2.20. The Morgan fingerprint density at radius 2 is 2.29 bits per heavy atom. The molecule has 0 fully saturated rings. The van der Waals surface area contributed by atoms with Crippen LogP contribution in [0.4, 0.5) is 0 Å². The molecule has 0 aromatic carbocycles. The van der Waals surface area contributed by atoms with Gasteiger partial charge >= 0.3 is 0 Å². The lowest BCUT2D eigenvalue weighted by Gasteiger charge is -2.23. The van der Waals surface area contributed by atoms with Gasteiger partial charge < -0.3 is 5.32 Å². The van der Waals surface area contributed by atoms with Crippen LogP contribution in [0.3, 0.4) is 0 Å². The summed E-state index contributed by atoms with van der Waals surface area (Å²) in [4.78, 5) is 12.0. The molecule has 0 spiro atoms. The van der Waals surface area contributed by atoms with Crippen LogP contribution in [0.15, 0.2) is 12.4 Å². The molecule has 1 heterocycles. The van der Waals surface area contributed by atoms with E-state index in [0.29, 0.717) is 5.56 Å². The van der Waals surface area contributed by atoms with Gasteiger partial charge in [0.2, 0.25) is 0 Å². The summed E-state index contributed by atoms with van der Waals surface area (Å²) in [6.45, 7) is 6.52. The van der Waals surface area contributed by atoms with E-state index in [0.717, 1.165) is 6.54 Å². The van der Waals surface area contributed by atoms with Crippen molar-refractivity contribution in [2.45, 2.75) is 26.3 Å². The highest BCUT2D eigenvalue weighted by Crippen LogP contribution is 2.11. The smallest absolute Gasteiger partial charge is 0.185 e. The van der Waals surface area contributed by atoms with Crippen molar-refractivity contribution in [1.82, 2.24) is 15.1 Å². The summed E-state index contributed by atoms with van der Waals surface area (Å²) in [5.41, 5.74) is 0.135. The van der Waals surface area contributed by atoms with Gasteiger partial charge in [0.05, 0.1) is 17.3 Å². The minimum absolute atomic E-state index is 0.0763. The van der Waals surface area contributed by atoms with E-state index >= 15 is 0 Å². The number of carbonyl (C=O) groups excluding carboxylic acids is 1. The Morgan fingerprint density at radius 1 is 1.64 bits per heavy atom. The van der Waals surface area contributed by atoms with Gasteiger partial charge in [-0.3, -0.25) is 9.48 Å². The molecule has 78 valence electrons. The van der Waals surface area contributed by atoms with E-state index in [-0.39, 0.29) is 5.78 Å². The molecule has 4 heteroatoms. The van der Waals surface area contributed by atoms with Crippen LogP contribution in [-0.4, -0.2) is 27.6 Å². The van der Waals surface area contributed by atoms with Crippen molar-refractivity contribution in [3.63, 3.8) is 0 Å². The van der Waals surface area contributed by atoms with Gasteiger partial charge in [0.25, 0.3) is 0 Å². The van der Waals surface area contributed by atoms with Crippen molar-refractivity contribution in [3.8, 4) is 0 Å². The Hall–Kier alpha value is -1.16. The van der Waals surface area contributed by atoms with Crippen LogP contribution >= 0.6 is 0 Å². The highest BCUT2D eigenvalue weighted by atomic mass is 16.1.